The van der Waals surface area contributed by atoms with Gasteiger partial charge in [-0.1, -0.05) is 6.92 Å². The number of carbonyl (C=O) groups excluding carboxylic acids is 1. The Labute approximate surface area is 73.7 Å². The maximum atomic E-state index is 11.1. The number of carbonyl (C=O) groups is 1. The van der Waals surface area contributed by atoms with E-state index in [2.05, 4.69) is 4.74 Å². The molecule has 0 saturated carbocycles. The number of nitrogens with zero attached hydrogens (tertiary/aromatic N) is 1. The number of rotatable bonds is 3. The SMILES string of the molecule is CCC(C)(CN)N(C)C(=O)OC. The molecule has 0 spiro atoms. The van der Waals surface area contributed by atoms with Crippen LogP contribution < -0.4 is 5.73 Å². The smallest absolute Gasteiger partial charge is 0.409 e. The number of likely N-dealkylation sites (N-methyl/N-ethyl adjacent to an activating group) is 1. The molecule has 0 heterocycles. The van der Waals surface area contributed by atoms with Crippen LogP contribution >= 0.6 is 0 Å². The summed E-state index contributed by atoms with van der Waals surface area (Å²) in [5.41, 5.74) is 5.26. The van der Waals surface area contributed by atoms with Crippen molar-refractivity contribution < 1.29 is 9.53 Å². The fraction of sp³-hybridized carbons (Fsp3) is 0.875. The minimum Gasteiger partial charge on any atom is -0.453 e. The average molecular weight is 174 g/mol. The third-order valence-electron chi connectivity index (χ3n) is 2.46. The largest absolute Gasteiger partial charge is 0.453 e. The van der Waals surface area contributed by atoms with Gasteiger partial charge in [0.2, 0.25) is 0 Å². The molecule has 1 atom stereocenters. The Morgan fingerprint density at radius 3 is 2.42 bits per heavy atom. The van der Waals surface area contributed by atoms with Crippen LogP contribution in [0, 0.1) is 0 Å². The summed E-state index contributed by atoms with van der Waals surface area (Å²) < 4.78 is 4.59. The monoisotopic (exact) mass is 174 g/mol. The van der Waals surface area contributed by atoms with E-state index >= 15 is 0 Å². The van der Waals surface area contributed by atoms with Crippen LogP contribution in [0.5, 0.6) is 0 Å². The Hall–Kier alpha value is -0.770. The van der Waals surface area contributed by atoms with Crippen LogP contribution in [0.2, 0.25) is 0 Å². The first-order valence-electron chi connectivity index (χ1n) is 4.03. The summed E-state index contributed by atoms with van der Waals surface area (Å²) in [6.45, 7) is 4.37. The second kappa shape index (κ2) is 4.30. The van der Waals surface area contributed by atoms with Crippen molar-refractivity contribution in [2.24, 2.45) is 5.73 Å². The Kier molecular flexibility index (Phi) is 4.03. The highest BCUT2D eigenvalue weighted by Crippen LogP contribution is 2.16. The number of methoxy groups -OCH3 is 1. The summed E-state index contributed by atoms with van der Waals surface area (Å²) in [5, 5.41) is 0. The van der Waals surface area contributed by atoms with Gasteiger partial charge in [0.05, 0.1) is 12.6 Å². The number of nitrogens with two attached hydrogens (primary N) is 1. The molecule has 4 nitrogen and oxygen atoms in total. The summed E-state index contributed by atoms with van der Waals surface area (Å²) in [5.74, 6) is 0. The lowest BCUT2D eigenvalue weighted by molar-refractivity contribution is 0.0868. The zero-order chi connectivity index (χ0) is 9.78. The van der Waals surface area contributed by atoms with Gasteiger partial charge in [0.1, 0.15) is 0 Å². The molecule has 0 radical (unpaired) electrons. The van der Waals surface area contributed by atoms with Gasteiger partial charge in [0.15, 0.2) is 0 Å². The maximum Gasteiger partial charge on any atom is 0.409 e. The molecule has 0 rings (SSSR count). The van der Waals surface area contributed by atoms with E-state index in [1.807, 2.05) is 13.8 Å². The zero-order valence-electron chi connectivity index (χ0n) is 8.26. The molecule has 0 saturated heterocycles. The predicted molar refractivity (Wildman–Crippen MR) is 47.9 cm³/mol. The van der Waals surface area contributed by atoms with Crippen molar-refractivity contribution in [1.29, 1.82) is 0 Å². The lowest BCUT2D eigenvalue weighted by Gasteiger charge is -2.35. The molecule has 1 amide bonds. The lowest BCUT2D eigenvalue weighted by atomic mass is 9.98. The molecule has 0 aromatic heterocycles. The summed E-state index contributed by atoms with van der Waals surface area (Å²) in [6.07, 6.45) is 0.472. The summed E-state index contributed by atoms with van der Waals surface area (Å²) >= 11 is 0. The van der Waals surface area contributed by atoms with Crippen LogP contribution in [0.1, 0.15) is 20.3 Å². The topological polar surface area (TPSA) is 55.6 Å². The van der Waals surface area contributed by atoms with E-state index in [9.17, 15) is 4.79 Å². The molecule has 0 bridgehead atoms. The lowest BCUT2D eigenvalue weighted by Crippen LogP contribution is -2.51. The van der Waals surface area contributed by atoms with Crippen LogP contribution in [-0.2, 0) is 4.74 Å². The molecular formula is C8H18N2O2. The van der Waals surface area contributed by atoms with E-state index in [-0.39, 0.29) is 11.6 Å². The van der Waals surface area contributed by atoms with Gasteiger partial charge < -0.3 is 15.4 Å². The third kappa shape index (κ3) is 2.11. The molecule has 0 aliphatic carbocycles. The Morgan fingerprint density at radius 1 is 1.67 bits per heavy atom. The zero-order valence-corrected chi connectivity index (χ0v) is 8.26. The minimum atomic E-state index is -0.343. The van der Waals surface area contributed by atoms with Crippen LogP contribution in [0.4, 0.5) is 4.79 Å². The van der Waals surface area contributed by atoms with Gasteiger partial charge in [-0.2, -0.15) is 0 Å². The highest BCUT2D eigenvalue weighted by molar-refractivity contribution is 5.68. The van der Waals surface area contributed by atoms with E-state index in [4.69, 9.17) is 5.73 Å². The molecule has 12 heavy (non-hydrogen) atoms. The molecule has 0 aliphatic rings. The quantitative estimate of drug-likeness (QED) is 0.689. The van der Waals surface area contributed by atoms with Gasteiger partial charge in [0.25, 0.3) is 0 Å². The van der Waals surface area contributed by atoms with E-state index in [0.717, 1.165) is 6.42 Å². The van der Waals surface area contributed by atoms with Gasteiger partial charge in [-0.15, -0.1) is 0 Å². The van der Waals surface area contributed by atoms with Gasteiger partial charge in [-0.05, 0) is 13.3 Å². The highest BCUT2D eigenvalue weighted by Gasteiger charge is 2.29. The maximum absolute atomic E-state index is 11.1. The number of hydrogen-bond acceptors (Lipinski definition) is 3. The summed E-state index contributed by atoms with van der Waals surface area (Å²) in [4.78, 5) is 12.7. The van der Waals surface area contributed by atoms with Crippen LogP contribution in [0.25, 0.3) is 0 Å². The number of amides is 1. The van der Waals surface area contributed by atoms with E-state index in [0.29, 0.717) is 6.54 Å². The second-order valence-corrected chi connectivity index (χ2v) is 3.08. The standard InChI is InChI=1S/C8H18N2O2/c1-5-8(2,6-9)10(3)7(11)12-4/h5-6,9H2,1-4H3. The Morgan fingerprint density at radius 2 is 2.17 bits per heavy atom. The van der Waals surface area contributed by atoms with Crippen molar-refractivity contribution in [3.8, 4) is 0 Å². The van der Waals surface area contributed by atoms with Crippen LogP contribution in [0.3, 0.4) is 0 Å². The fourth-order valence-electron chi connectivity index (χ4n) is 0.876. The van der Waals surface area contributed by atoms with Crippen LogP contribution in [0.15, 0.2) is 0 Å². The molecule has 0 aromatic carbocycles. The molecule has 1 unspecified atom stereocenters. The van der Waals surface area contributed by atoms with Gasteiger partial charge in [0, 0.05) is 13.6 Å². The molecule has 2 N–H and O–H groups in total. The second-order valence-electron chi connectivity index (χ2n) is 3.08. The van der Waals surface area contributed by atoms with Crippen molar-refractivity contribution in [3.05, 3.63) is 0 Å². The van der Waals surface area contributed by atoms with Gasteiger partial charge in [-0.3, -0.25) is 0 Å². The molecule has 0 fully saturated rings. The van der Waals surface area contributed by atoms with Crippen molar-refractivity contribution in [3.63, 3.8) is 0 Å². The van der Waals surface area contributed by atoms with Gasteiger partial charge >= 0.3 is 6.09 Å². The van der Waals surface area contributed by atoms with Crippen LogP contribution in [-0.4, -0.2) is 37.2 Å². The Bertz CT molecular complexity index is 155. The molecule has 0 aromatic rings. The number of hydrogen-bond donors (Lipinski definition) is 1. The first-order chi connectivity index (χ1) is 5.51. The van der Waals surface area contributed by atoms with Crippen molar-refractivity contribution >= 4 is 6.09 Å². The predicted octanol–water partition coefficient (Wildman–Crippen LogP) is 0.812. The first kappa shape index (κ1) is 11.2. The first-order valence-corrected chi connectivity index (χ1v) is 4.03. The minimum absolute atomic E-state index is 0.299. The van der Waals surface area contributed by atoms with Crippen molar-refractivity contribution in [2.75, 3.05) is 20.7 Å². The third-order valence-corrected chi connectivity index (χ3v) is 2.46. The van der Waals surface area contributed by atoms with Crippen molar-refractivity contribution in [1.82, 2.24) is 4.90 Å². The average Bonchev–Trinajstić information content (AvgIpc) is 2.14. The summed E-state index contributed by atoms with van der Waals surface area (Å²) in [6, 6.07) is 0. The molecular weight excluding hydrogens is 156 g/mol. The number of ether oxygens (including phenoxy) is 1. The fourth-order valence-corrected chi connectivity index (χ4v) is 0.876. The Balaban J connectivity index is 4.40. The summed E-state index contributed by atoms with van der Waals surface area (Å²) in [7, 11) is 3.06. The molecule has 72 valence electrons. The van der Waals surface area contributed by atoms with Gasteiger partial charge in [-0.25, -0.2) is 4.79 Å². The van der Waals surface area contributed by atoms with E-state index in [1.54, 1.807) is 7.05 Å². The van der Waals surface area contributed by atoms with E-state index in [1.165, 1.54) is 12.0 Å². The highest BCUT2D eigenvalue weighted by atomic mass is 16.5. The normalized spacial score (nSPS) is 15.1. The molecule has 4 heteroatoms. The van der Waals surface area contributed by atoms with E-state index < -0.39 is 0 Å². The molecule has 0 aliphatic heterocycles. The van der Waals surface area contributed by atoms with Crippen molar-refractivity contribution in [2.45, 2.75) is 25.8 Å².